The molecule has 1 atom stereocenters. The summed E-state index contributed by atoms with van der Waals surface area (Å²) < 4.78 is 22.9. The largest absolute Gasteiger partial charge is 0.296 e. The summed E-state index contributed by atoms with van der Waals surface area (Å²) in [5.74, 6) is 0. The van der Waals surface area contributed by atoms with Gasteiger partial charge in [-0.2, -0.15) is 0 Å². The van der Waals surface area contributed by atoms with Crippen molar-refractivity contribution in [1.82, 2.24) is 9.80 Å². The van der Waals surface area contributed by atoms with E-state index in [0.29, 0.717) is 10.9 Å². The molecule has 0 aliphatic carbocycles. The summed E-state index contributed by atoms with van der Waals surface area (Å²) in [5, 5.41) is 0. The minimum absolute atomic E-state index is 0.403. The van der Waals surface area contributed by atoms with Crippen LogP contribution in [-0.4, -0.2) is 56.2 Å². The van der Waals surface area contributed by atoms with Crippen LogP contribution in [0, 0.1) is 0 Å². The average Bonchev–Trinajstić information content (AvgIpc) is 2.43. The first kappa shape index (κ1) is 16.0. The van der Waals surface area contributed by atoms with Gasteiger partial charge in [-0.1, -0.05) is 18.6 Å². The third kappa shape index (κ3) is 3.53. The zero-order valence-electron chi connectivity index (χ0n) is 13.5. The van der Waals surface area contributed by atoms with Crippen LogP contribution in [0.25, 0.3) is 0 Å². The second kappa shape index (κ2) is 6.30. The fraction of sp³-hybridized carbons (Fsp3) is 0.647. The van der Waals surface area contributed by atoms with E-state index in [-0.39, 0.29) is 0 Å². The van der Waals surface area contributed by atoms with Gasteiger partial charge >= 0.3 is 0 Å². The number of likely N-dealkylation sites (tertiary alicyclic amines) is 2. The lowest BCUT2D eigenvalue weighted by Gasteiger charge is -2.49. The Morgan fingerprint density at radius 1 is 1.14 bits per heavy atom. The molecule has 0 unspecified atom stereocenters. The molecule has 2 saturated heterocycles. The second-order valence-corrected chi connectivity index (χ2v) is 8.86. The zero-order chi connectivity index (χ0) is 15.7. The standard InChI is InChI=1S/C17H26N2O2S/c1-14-5-3-4-10-19(14)16-12-18(13-16)11-15-6-8-17(9-7-15)22(2,20)21/h6-9,14,16H,3-5,10-13H2,1-2H3/t14-/m1/s1. The van der Waals surface area contributed by atoms with Crippen LogP contribution in [0.4, 0.5) is 0 Å². The molecule has 0 bridgehead atoms. The quantitative estimate of drug-likeness (QED) is 0.852. The molecule has 0 radical (unpaired) electrons. The van der Waals surface area contributed by atoms with Crippen LogP contribution in [0.3, 0.4) is 0 Å². The zero-order valence-corrected chi connectivity index (χ0v) is 14.3. The summed E-state index contributed by atoms with van der Waals surface area (Å²) >= 11 is 0. The molecule has 5 heteroatoms. The highest BCUT2D eigenvalue weighted by Crippen LogP contribution is 2.25. The normalized spacial score (nSPS) is 25.1. The van der Waals surface area contributed by atoms with Gasteiger partial charge in [0.2, 0.25) is 0 Å². The van der Waals surface area contributed by atoms with Crippen molar-refractivity contribution < 1.29 is 8.42 Å². The Kier molecular flexibility index (Phi) is 4.57. The van der Waals surface area contributed by atoms with Gasteiger partial charge in [-0.3, -0.25) is 9.80 Å². The first-order valence-corrected chi connectivity index (χ1v) is 10.1. The Bertz CT molecular complexity index is 606. The van der Waals surface area contributed by atoms with Crippen molar-refractivity contribution in [2.75, 3.05) is 25.9 Å². The van der Waals surface area contributed by atoms with E-state index in [9.17, 15) is 8.42 Å². The van der Waals surface area contributed by atoms with E-state index < -0.39 is 9.84 Å². The lowest BCUT2D eigenvalue weighted by molar-refractivity contribution is -0.00620. The molecule has 22 heavy (non-hydrogen) atoms. The van der Waals surface area contributed by atoms with Gasteiger partial charge in [0.25, 0.3) is 0 Å². The van der Waals surface area contributed by atoms with E-state index in [1.165, 1.54) is 37.6 Å². The Morgan fingerprint density at radius 3 is 2.41 bits per heavy atom. The summed E-state index contributed by atoms with van der Waals surface area (Å²) in [6, 6.07) is 8.75. The van der Waals surface area contributed by atoms with Gasteiger partial charge < -0.3 is 0 Å². The number of nitrogens with zero attached hydrogens (tertiary/aromatic N) is 2. The SMILES string of the molecule is C[C@@H]1CCCCN1C1CN(Cc2ccc(S(C)(=O)=O)cc2)C1. The summed E-state index contributed by atoms with van der Waals surface area (Å²) in [5.41, 5.74) is 1.19. The maximum absolute atomic E-state index is 11.5. The molecule has 0 N–H and O–H groups in total. The van der Waals surface area contributed by atoms with Gasteiger partial charge in [0.1, 0.15) is 0 Å². The number of hydrogen-bond donors (Lipinski definition) is 0. The molecule has 1 aromatic carbocycles. The lowest BCUT2D eigenvalue weighted by Crippen LogP contribution is -2.61. The predicted octanol–water partition coefficient (Wildman–Crippen LogP) is 2.15. The first-order chi connectivity index (χ1) is 10.4. The maximum atomic E-state index is 11.5. The van der Waals surface area contributed by atoms with Crippen LogP contribution in [0.5, 0.6) is 0 Å². The van der Waals surface area contributed by atoms with Crippen LogP contribution in [0.2, 0.25) is 0 Å². The van der Waals surface area contributed by atoms with Crippen molar-refractivity contribution in [1.29, 1.82) is 0 Å². The Labute approximate surface area is 134 Å². The van der Waals surface area contributed by atoms with Crippen molar-refractivity contribution in [3.8, 4) is 0 Å². The summed E-state index contributed by atoms with van der Waals surface area (Å²) in [7, 11) is -3.09. The van der Waals surface area contributed by atoms with E-state index in [1.807, 2.05) is 12.1 Å². The Morgan fingerprint density at radius 2 is 1.82 bits per heavy atom. The highest BCUT2D eigenvalue weighted by molar-refractivity contribution is 7.90. The van der Waals surface area contributed by atoms with Crippen LogP contribution in [-0.2, 0) is 16.4 Å². The molecular weight excluding hydrogens is 296 g/mol. The van der Waals surface area contributed by atoms with Crippen LogP contribution in [0.1, 0.15) is 31.7 Å². The molecule has 2 heterocycles. The molecule has 4 nitrogen and oxygen atoms in total. The number of rotatable bonds is 4. The molecule has 2 fully saturated rings. The van der Waals surface area contributed by atoms with Gasteiger partial charge in [0.15, 0.2) is 9.84 Å². The fourth-order valence-electron chi connectivity index (χ4n) is 3.64. The number of benzene rings is 1. The summed E-state index contributed by atoms with van der Waals surface area (Å²) in [6.07, 6.45) is 5.31. The van der Waals surface area contributed by atoms with Gasteiger partial charge in [-0.25, -0.2) is 8.42 Å². The predicted molar refractivity (Wildman–Crippen MR) is 88.6 cm³/mol. The van der Waals surface area contributed by atoms with Crippen LogP contribution in [0.15, 0.2) is 29.2 Å². The summed E-state index contributed by atoms with van der Waals surface area (Å²) in [6.45, 7) is 6.80. The molecular formula is C17H26N2O2S. The first-order valence-electron chi connectivity index (χ1n) is 8.20. The smallest absolute Gasteiger partial charge is 0.175 e. The van der Waals surface area contributed by atoms with Crippen LogP contribution < -0.4 is 0 Å². The topological polar surface area (TPSA) is 40.6 Å². The van der Waals surface area contributed by atoms with Crippen molar-refractivity contribution in [3.63, 3.8) is 0 Å². The van der Waals surface area contributed by atoms with Crippen molar-refractivity contribution in [2.45, 2.75) is 49.7 Å². The maximum Gasteiger partial charge on any atom is 0.175 e. The van der Waals surface area contributed by atoms with E-state index in [1.54, 1.807) is 12.1 Å². The molecule has 0 aromatic heterocycles. The van der Waals surface area contributed by atoms with Crippen molar-refractivity contribution in [3.05, 3.63) is 29.8 Å². The number of piperidine rings is 1. The third-order valence-corrected chi connectivity index (χ3v) is 6.15. The van der Waals surface area contributed by atoms with Gasteiger partial charge in [0, 0.05) is 38.0 Å². The molecule has 2 aliphatic heterocycles. The molecule has 0 saturated carbocycles. The number of hydrogen-bond acceptors (Lipinski definition) is 4. The molecule has 0 amide bonds. The highest BCUT2D eigenvalue weighted by atomic mass is 32.2. The number of sulfone groups is 1. The van der Waals surface area contributed by atoms with E-state index >= 15 is 0 Å². The fourth-order valence-corrected chi connectivity index (χ4v) is 4.27. The van der Waals surface area contributed by atoms with Crippen LogP contribution >= 0.6 is 0 Å². The molecule has 3 rings (SSSR count). The van der Waals surface area contributed by atoms with E-state index in [4.69, 9.17) is 0 Å². The van der Waals surface area contributed by atoms with Gasteiger partial charge in [-0.05, 0) is 44.0 Å². The Balaban J connectivity index is 1.52. The minimum Gasteiger partial charge on any atom is -0.296 e. The highest BCUT2D eigenvalue weighted by Gasteiger charge is 2.34. The lowest BCUT2D eigenvalue weighted by atomic mass is 9.97. The third-order valence-electron chi connectivity index (χ3n) is 5.02. The Hall–Kier alpha value is -0.910. The van der Waals surface area contributed by atoms with Crippen molar-refractivity contribution in [2.24, 2.45) is 0 Å². The second-order valence-electron chi connectivity index (χ2n) is 6.85. The van der Waals surface area contributed by atoms with E-state index in [0.717, 1.165) is 25.7 Å². The van der Waals surface area contributed by atoms with Gasteiger partial charge in [-0.15, -0.1) is 0 Å². The monoisotopic (exact) mass is 322 g/mol. The summed E-state index contributed by atoms with van der Waals surface area (Å²) in [4.78, 5) is 5.52. The van der Waals surface area contributed by atoms with Crippen molar-refractivity contribution >= 4 is 9.84 Å². The minimum atomic E-state index is -3.09. The molecule has 1 aromatic rings. The van der Waals surface area contributed by atoms with Gasteiger partial charge in [0.05, 0.1) is 4.90 Å². The average molecular weight is 322 g/mol. The molecule has 0 spiro atoms. The molecule has 122 valence electrons. The molecule has 2 aliphatic rings. The van der Waals surface area contributed by atoms with E-state index in [2.05, 4.69) is 16.7 Å².